The number of carbonyl (C=O) groups is 1. The fourth-order valence-electron chi connectivity index (χ4n) is 2.86. The number of carbonyl (C=O) groups excluding carboxylic acids is 1. The molecule has 1 aromatic carbocycles. The summed E-state index contributed by atoms with van der Waals surface area (Å²) in [6.07, 6.45) is 0. The summed E-state index contributed by atoms with van der Waals surface area (Å²) in [7, 11) is 0. The lowest BCUT2D eigenvalue weighted by Gasteiger charge is -2.11. The number of rotatable bonds is 6. The molecule has 2 aromatic heterocycles. The predicted octanol–water partition coefficient (Wildman–Crippen LogP) is 3.13. The van der Waals surface area contributed by atoms with E-state index in [0.717, 1.165) is 22.6 Å². The van der Waals surface area contributed by atoms with Crippen LogP contribution in [-0.2, 0) is 0 Å². The lowest BCUT2D eigenvalue weighted by molar-refractivity contribution is 0.252. The monoisotopic (exact) mass is 379 g/mol. The van der Waals surface area contributed by atoms with Gasteiger partial charge in [-0.3, -0.25) is 0 Å². The number of aryl methyl sites for hydroxylation is 4. The van der Waals surface area contributed by atoms with Gasteiger partial charge in [-0.25, -0.2) is 19.4 Å². The van der Waals surface area contributed by atoms with Crippen LogP contribution in [0.5, 0.6) is 0 Å². The fourth-order valence-corrected chi connectivity index (χ4v) is 2.86. The van der Waals surface area contributed by atoms with Crippen molar-refractivity contribution in [2.45, 2.75) is 27.7 Å². The maximum absolute atomic E-state index is 12.0. The molecule has 8 nitrogen and oxygen atoms in total. The minimum atomic E-state index is -0.238. The quantitative estimate of drug-likeness (QED) is 0.572. The van der Waals surface area contributed by atoms with Crippen LogP contribution < -0.4 is 16.0 Å². The van der Waals surface area contributed by atoms with E-state index >= 15 is 0 Å². The largest absolute Gasteiger partial charge is 0.368 e. The molecule has 0 radical (unpaired) electrons. The Balaban J connectivity index is 1.54. The Bertz CT molecular complexity index is 980. The number of nitrogens with zero attached hydrogens (tertiary/aromatic N) is 4. The second kappa shape index (κ2) is 8.51. The summed E-state index contributed by atoms with van der Waals surface area (Å²) in [5.74, 6) is 2.06. The first-order chi connectivity index (χ1) is 13.4. The second-order valence-corrected chi connectivity index (χ2v) is 6.62. The molecular weight excluding hydrogens is 354 g/mol. The molecule has 0 aliphatic rings. The number of anilines is 2. The van der Waals surface area contributed by atoms with Crippen molar-refractivity contribution in [3.05, 3.63) is 59.2 Å². The van der Waals surface area contributed by atoms with Gasteiger partial charge in [0.1, 0.15) is 11.6 Å². The minimum absolute atomic E-state index is 0.238. The van der Waals surface area contributed by atoms with Crippen LogP contribution in [0.2, 0.25) is 0 Å². The van der Waals surface area contributed by atoms with Gasteiger partial charge in [-0.1, -0.05) is 18.2 Å². The smallest absolute Gasteiger partial charge is 0.319 e. The number of urea groups is 1. The normalized spacial score (nSPS) is 10.6. The molecule has 3 rings (SSSR count). The van der Waals surface area contributed by atoms with Gasteiger partial charge >= 0.3 is 6.03 Å². The number of hydrogen-bond acceptors (Lipinski definition) is 5. The van der Waals surface area contributed by atoms with Crippen LogP contribution in [0.1, 0.15) is 22.8 Å². The molecule has 0 saturated heterocycles. The van der Waals surface area contributed by atoms with E-state index in [2.05, 4.69) is 31.0 Å². The zero-order chi connectivity index (χ0) is 20.1. The topological polar surface area (TPSA) is 96.8 Å². The molecular formula is C20H25N7O. The summed E-state index contributed by atoms with van der Waals surface area (Å²) >= 11 is 0. The zero-order valence-corrected chi connectivity index (χ0v) is 16.6. The summed E-state index contributed by atoms with van der Waals surface area (Å²) in [4.78, 5) is 20.9. The van der Waals surface area contributed by atoms with Crippen LogP contribution in [0.3, 0.4) is 0 Å². The molecule has 8 heteroatoms. The molecule has 28 heavy (non-hydrogen) atoms. The Morgan fingerprint density at radius 1 is 1.04 bits per heavy atom. The maximum Gasteiger partial charge on any atom is 0.319 e. The highest BCUT2D eigenvalue weighted by molar-refractivity contribution is 5.90. The SMILES string of the molecule is Cc1cc(C)n(-c2cc(NCCNC(=O)Nc3ccccc3C)nc(C)n2)n1. The molecule has 0 unspecified atom stereocenters. The molecule has 2 amide bonds. The average molecular weight is 379 g/mol. The van der Waals surface area contributed by atoms with Crippen LogP contribution in [0.15, 0.2) is 36.4 Å². The first-order valence-electron chi connectivity index (χ1n) is 9.16. The third kappa shape index (κ3) is 4.85. The fraction of sp³-hybridized carbons (Fsp3) is 0.300. The lowest BCUT2D eigenvalue weighted by Crippen LogP contribution is -2.33. The van der Waals surface area contributed by atoms with Crippen molar-refractivity contribution in [2.75, 3.05) is 23.7 Å². The first-order valence-corrected chi connectivity index (χ1v) is 9.16. The van der Waals surface area contributed by atoms with E-state index < -0.39 is 0 Å². The number of aromatic nitrogens is 4. The molecule has 2 heterocycles. The van der Waals surface area contributed by atoms with Gasteiger partial charge in [-0.2, -0.15) is 5.10 Å². The maximum atomic E-state index is 12.0. The van der Waals surface area contributed by atoms with Gasteiger partial charge in [-0.05, 0) is 45.4 Å². The Hall–Kier alpha value is -3.42. The van der Waals surface area contributed by atoms with Crippen molar-refractivity contribution in [1.29, 1.82) is 0 Å². The number of hydrogen-bond donors (Lipinski definition) is 3. The van der Waals surface area contributed by atoms with Gasteiger partial charge in [-0.15, -0.1) is 0 Å². The third-order valence-corrected chi connectivity index (χ3v) is 4.16. The van der Waals surface area contributed by atoms with Crippen LogP contribution >= 0.6 is 0 Å². The van der Waals surface area contributed by atoms with Crippen molar-refractivity contribution in [3.63, 3.8) is 0 Å². The van der Waals surface area contributed by atoms with Gasteiger partial charge in [0.2, 0.25) is 0 Å². The average Bonchev–Trinajstić information content (AvgIpc) is 2.98. The van der Waals surface area contributed by atoms with Gasteiger partial charge in [0, 0.05) is 30.5 Å². The van der Waals surface area contributed by atoms with Crippen LogP contribution in [0, 0.1) is 27.7 Å². The summed E-state index contributed by atoms with van der Waals surface area (Å²) in [5, 5.41) is 13.4. The highest BCUT2D eigenvalue weighted by atomic mass is 16.2. The van der Waals surface area contributed by atoms with E-state index in [1.54, 1.807) is 4.68 Å². The van der Waals surface area contributed by atoms with E-state index in [-0.39, 0.29) is 6.03 Å². The van der Waals surface area contributed by atoms with Crippen LogP contribution in [0.4, 0.5) is 16.3 Å². The second-order valence-electron chi connectivity index (χ2n) is 6.62. The molecule has 146 valence electrons. The molecule has 0 bridgehead atoms. The summed E-state index contributed by atoms with van der Waals surface area (Å²) in [6, 6.07) is 11.3. The molecule has 0 aliphatic heterocycles. The molecule has 3 N–H and O–H groups in total. The van der Waals surface area contributed by atoms with E-state index in [1.165, 1.54) is 0 Å². The van der Waals surface area contributed by atoms with E-state index in [0.29, 0.717) is 30.5 Å². The molecule has 3 aromatic rings. The third-order valence-electron chi connectivity index (χ3n) is 4.16. The Morgan fingerprint density at radius 2 is 1.82 bits per heavy atom. The van der Waals surface area contributed by atoms with E-state index in [1.807, 2.05) is 64.1 Å². The number of para-hydroxylation sites is 1. The zero-order valence-electron chi connectivity index (χ0n) is 16.6. The molecule has 0 saturated carbocycles. The summed E-state index contributed by atoms with van der Waals surface area (Å²) in [6.45, 7) is 8.72. The molecule has 0 fully saturated rings. The number of benzene rings is 1. The summed E-state index contributed by atoms with van der Waals surface area (Å²) in [5.41, 5.74) is 3.76. The van der Waals surface area contributed by atoms with Crippen molar-refractivity contribution in [2.24, 2.45) is 0 Å². The number of nitrogens with one attached hydrogen (secondary N) is 3. The van der Waals surface area contributed by atoms with Crippen molar-refractivity contribution >= 4 is 17.5 Å². The van der Waals surface area contributed by atoms with Crippen molar-refractivity contribution in [3.8, 4) is 5.82 Å². The first kappa shape index (κ1) is 19.3. The molecule has 0 aliphatic carbocycles. The predicted molar refractivity (Wildman–Crippen MR) is 110 cm³/mol. The van der Waals surface area contributed by atoms with Crippen LogP contribution in [0.25, 0.3) is 5.82 Å². The Labute approximate surface area is 164 Å². The van der Waals surface area contributed by atoms with E-state index in [9.17, 15) is 4.79 Å². The standard InChI is InChI=1S/C20H25N7O/c1-13-7-5-6-8-17(13)25-20(28)22-10-9-21-18-12-19(24-16(4)23-18)27-15(3)11-14(2)26-27/h5-8,11-12H,9-10H2,1-4H3,(H,21,23,24)(H2,22,25,28). The van der Waals surface area contributed by atoms with Gasteiger partial charge in [0.05, 0.1) is 5.69 Å². The minimum Gasteiger partial charge on any atom is -0.368 e. The molecule has 0 spiro atoms. The van der Waals surface area contributed by atoms with Gasteiger partial charge < -0.3 is 16.0 Å². The van der Waals surface area contributed by atoms with Gasteiger partial charge in [0.25, 0.3) is 0 Å². The van der Waals surface area contributed by atoms with Crippen molar-refractivity contribution in [1.82, 2.24) is 25.1 Å². The number of amides is 2. The van der Waals surface area contributed by atoms with Crippen molar-refractivity contribution < 1.29 is 4.79 Å². The Kier molecular flexibility index (Phi) is 5.88. The highest BCUT2D eigenvalue weighted by Gasteiger charge is 2.08. The Morgan fingerprint density at radius 3 is 2.54 bits per heavy atom. The highest BCUT2D eigenvalue weighted by Crippen LogP contribution is 2.14. The van der Waals surface area contributed by atoms with E-state index in [4.69, 9.17) is 0 Å². The van der Waals surface area contributed by atoms with Gasteiger partial charge in [0.15, 0.2) is 5.82 Å². The lowest BCUT2D eigenvalue weighted by atomic mass is 10.2. The summed E-state index contributed by atoms with van der Waals surface area (Å²) < 4.78 is 1.79. The molecule has 0 atom stereocenters. The van der Waals surface area contributed by atoms with Crippen LogP contribution in [-0.4, -0.2) is 38.9 Å².